The number of carboxylic acids is 2. The molecule has 2 atom stereocenters. The first-order valence-electron chi connectivity index (χ1n) is 9.26. The summed E-state index contributed by atoms with van der Waals surface area (Å²) in [6.07, 6.45) is 7.04. The fraction of sp³-hybridized carbons (Fsp3) is 0.882. The summed E-state index contributed by atoms with van der Waals surface area (Å²) in [5.41, 5.74) is 0. The van der Waals surface area contributed by atoms with E-state index in [0.717, 1.165) is 49.0 Å². The Morgan fingerprint density at radius 2 is 1.20 bits per heavy atom. The average molecular weight is 444 g/mol. The van der Waals surface area contributed by atoms with Crippen LogP contribution in [0.2, 0.25) is 6.55 Å². The van der Waals surface area contributed by atoms with Crippen LogP contribution in [-0.4, -0.2) is 32.2 Å². The molecule has 0 aromatic heterocycles. The van der Waals surface area contributed by atoms with Crippen molar-refractivity contribution in [1.29, 1.82) is 0 Å². The van der Waals surface area contributed by atoms with E-state index in [1.165, 1.54) is 0 Å². The number of carboxylic acid groups (broad SMARTS) is 2. The van der Waals surface area contributed by atoms with Gasteiger partial charge in [0.1, 0.15) is 20.2 Å². The Kier molecular flexibility index (Phi) is 34.2. The summed E-state index contributed by atoms with van der Waals surface area (Å²) in [5, 5.41) is 20.7. The number of rotatable bonds is 11. The number of hydrogen-bond donors (Lipinski definition) is 0. The average Bonchev–Trinajstić information content (AvgIpc) is 2.56. The van der Waals surface area contributed by atoms with Gasteiger partial charge in [-0.3, -0.25) is 0 Å². The van der Waals surface area contributed by atoms with Crippen molar-refractivity contribution in [2.75, 3.05) is 0 Å². The van der Waals surface area contributed by atoms with Gasteiger partial charge in [0, 0.05) is 11.9 Å². The summed E-state index contributed by atoms with van der Waals surface area (Å²) in [6.45, 7) is 10.0. The molecule has 0 bridgehead atoms. The van der Waals surface area contributed by atoms with Gasteiger partial charge in [0.2, 0.25) is 0 Å². The predicted molar refractivity (Wildman–Crippen MR) is 102 cm³/mol. The molecular formula is C17H38O5Si2Zn. The molecule has 0 radical (unpaired) electrons. The molecule has 0 saturated carbocycles. The molecule has 0 fully saturated rings. The second kappa shape index (κ2) is 26.2. The molecule has 0 saturated heterocycles. The minimum atomic E-state index is -0.893. The van der Waals surface area contributed by atoms with E-state index in [9.17, 15) is 19.8 Å². The van der Waals surface area contributed by atoms with Crippen LogP contribution in [0, 0.1) is 11.8 Å². The van der Waals surface area contributed by atoms with Gasteiger partial charge in [-0.1, -0.05) is 59.9 Å². The summed E-state index contributed by atoms with van der Waals surface area (Å²) in [5.74, 6) is -2.23. The van der Waals surface area contributed by atoms with Gasteiger partial charge in [-0.15, -0.1) is 0 Å². The van der Waals surface area contributed by atoms with Gasteiger partial charge in [-0.05, 0) is 37.5 Å². The second-order valence-electron chi connectivity index (χ2n) is 5.71. The second-order valence-corrected chi connectivity index (χ2v) is 8.60. The van der Waals surface area contributed by atoms with Crippen LogP contribution in [0.15, 0.2) is 0 Å². The first kappa shape index (κ1) is 32.6. The Morgan fingerprint density at radius 1 is 0.920 bits per heavy atom. The van der Waals surface area contributed by atoms with E-state index in [2.05, 4.69) is 20.4 Å². The molecule has 0 spiro atoms. The zero-order chi connectivity index (χ0) is 19.4. The molecule has 0 rings (SSSR count). The summed E-state index contributed by atoms with van der Waals surface area (Å²) in [6, 6.07) is 0. The van der Waals surface area contributed by atoms with Crippen LogP contribution in [0.25, 0.3) is 0 Å². The van der Waals surface area contributed by atoms with E-state index < -0.39 is 11.9 Å². The van der Waals surface area contributed by atoms with E-state index in [4.69, 9.17) is 4.12 Å². The SMILES string of the molecule is CCCCC(CC)C(=O)[O-].CCCCC(CC)C(=O)[O-].C[SiH2]O[SiH3].[Zn+2]. The molecular weight excluding hydrogens is 406 g/mol. The predicted octanol–water partition coefficient (Wildman–Crippen LogP) is 0.318. The van der Waals surface area contributed by atoms with E-state index in [0.29, 0.717) is 12.8 Å². The maximum Gasteiger partial charge on any atom is 2.00 e. The van der Waals surface area contributed by atoms with E-state index in [-0.39, 0.29) is 41.1 Å². The fourth-order valence-corrected chi connectivity index (χ4v) is 1.88. The quantitative estimate of drug-likeness (QED) is 0.429. The number of hydrogen-bond acceptors (Lipinski definition) is 5. The zero-order valence-electron chi connectivity index (χ0n) is 17.3. The van der Waals surface area contributed by atoms with Crippen LogP contribution >= 0.6 is 0 Å². The monoisotopic (exact) mass is 442 g/mol. The van der Waals surface area contributed by atoms with Gasteiger partial charge in [0.25, 0.3) is 0 Å². The molecule has 2 unspecified atom stereocenters. The molecule has 0 aromatic rings. The van der Waals surface area contributed by atoms with E-state index >= 15 is 0 Å². The first-order valence-corrected chi connectivity index (χ1v) is 12.1. The number of carbonyl (C=O) groups is 2. The van der Waals surface area contributed by atoms with E-state index in [1.54, 1.807) is 0 Å². The minimum absolute atomic E-state index is 0. The smallest absolute Gasteiger partial charge is 0.550 e. The van der Waals surface area contributed by atoms with Crippen molar-refractivity contribution in [3.8, 4) is 0 Å². The standard InChI is InChI=1S/2C8H16O2.CH8OSi2.Zn/c2*1-3-5-6-7(4-2)8(9)10;1-4-2-3;/h2*7H,3-6H2,1-2H3,(H,9,10);4H2,1,3H3;/q;;;+2/p-2. The van der Waals surface area contributed by atoms with Crippen molar-refractivity contribution in [1.82, 2.24) is 0 Å². The summed E-state index contributed by atoms with van der Waals surface area (Å²) < 4.78 is 4.82. The van der Waals surface area contributed by atoms with Crippen molar-refractivity contribution in [3.05, 3.63) is 0 Å². The van der Waals surface area contributed by atoms with Crippen molar-refractivity contribution in [2.24, 2.45) is 11.8 Å². The van der Waals surface area contributed by atoms with Crippen molar-refractivity contribution >= 4 is 32.2 Å². The first-order chi connectivity index (χ1) is 11.4. The molecule has 0 aliphatic rings. The van der Waals surface area contributed by atoms with E-state index in [1.807, 2.05) is 13.8 Å². The van der Waals surface area contributed by atoms with Crippen LogP contribution < -0.4 is 10.2 Å². The maximum atomic E-state index is 10.3. The molecule has 0 amide bonds. The summed E-state index contributed by atoms with van der Waals surface area (Å²) in [4.78, 5) is 20.7. The largest absolute Gasteiger partial charge is 2.00 e. The van der Waals surface area contributed by atoms with Crippen LogP contribution in [0.5, 0.6) is 0 Å². The third kappa shape index (κ3) is 26.3. The molecule has 146 valence electrons. The van der Waals surface area contributed by atoms with Crippen LogP contribution in [0.1, 0.15) is 79.1 Å². The Hall–Kier alpha value is -0.0429. The Labute approximate surface area is 172 Å². The van der Waals surface area contributed by atoms with Gasteiger partial charge < -0.3 is 23.9 Å². The Morgan fingerprint density at radius 3 is 1.32 bits per heavy atom. The number of aliphatic carboxylic acids is 2. The van der Waals surface area contributed by atoms with Gasteiger partial charge >= 0.3 is 19.5 Å². The molecule has 0 N–H and O–H groups in total. The summed E-state index contributed by atoms with van der Waals surface area (Å²) in [7, 11) is 0.938. The Balaban J connectivity index is -0.000000141. The summed E-state index contributed by atoms with van der Waals surface area (Å²) >= 11 is 0. The Bertz CT molecular complexity index is 266. The third-order valence-corrected chi connectivity index (χ3v) is 6.06. The van der Waals surface area contributed by atoms with Crippen molar-refractivity contribution in [3.63, 3.8) is 0 Å². The molecule has 25 heavy (non-hydrogen) atoms. The third-order valence-electron chi connectivity index (χ3n) is 3.75. The van der Waals surface area contributed by atoms with Gasteiger partial charge in [-0.25, -0.2) is 0 Å². The zero-order valence-corrected chi connectivity index (χ0v) is 23.6. The van der Waals surface area contributed by atoms with Crippen LogP contribution in [0.4, 0.5) is 0 Å². The van der Waals surface area contributed by atoms with Gasteiger partial charge in [0.05, 0.1) is 0 Å². The normalized spacial score (nSPS) is 12.2. The molecule has 0 aromatic carbocycles. The van der Waals surface area contributed by atoms with Crippen molar-refractivity contribution in [2.45, 2.75) is 85.6 Å². The minimum Gasteiger partial charge on any atom is -0.550 e. The molecule has 8 heteroatoms. The number of unbranched alkanes of at least 4 members (excludes halogenated alkanes) is 2. The maximum absolute atomic E-state index is 10.3. The fourth-order valence-electron chi connectivity index (χ4n) is 1.88. The topological polar surface area (TPSA) is 89.5 Å². The molecule has 0 aliphatic heterocycles. The number of carbonyl (C=O) groups excluding carboxylic acids is 2. The van der Waals surface area contributed by atoms with Crippen LogP contribution in [-0.2, 0) is 33.2 Å². The van der Waals surface area contributed by atoms with Gasteiger partial charge in [0.15, 0.2) is 0 Å². The van der Waals surface area contributed by atoms with Crippen molar-refractivity contribution < 1.29 is 43.4 Å². The van der Waals surface area contributed by atoms with Crippen LogP contribution in [0.3, 0.4) is 0 Å². The molecule has 5 nitrogen and oxygen atoms in total. The molecule has 0 heterocycles. The van der Waals surface area contributed by atoms with Gasteiger partial charge in [-0.2, -0.15) is 0 Å². The molecule has 0 aliphatic carbocycles.